The lowest BCUT2D eigenvalue weighted by molar-refractivity contribution is -0.118. The Morgan fingerprint density at radius 2 is 1.87 bits per heavy atom. The molecule has 0 aliphatic heterocycles. The third-order valence-electron chi connectivity index (χ3n) is 2.09. The van der Waals surface area contributed by atoms with Crippen LogP contribution in [0.1, 0.15) is 6.92 Å². The van der Waals surface area contributed by atoms with Crippen molar-refractivity contribution >= 4 is 17.6 Å². The summed E-state index contributed by atoms with van der Waals surface area (Å²) in [6.45, 7) is 1.61. The minimum absolute atomic E-state index is 0.201. The normalized spacial score (nSPS) is 11.8. The Balaban J connectivity index is 3.04. The van der Waals surface area contributed by atoms with Gasteiger partial charge in [-0.3, -0.25) is 10.2 Å². The summed E-state index contributed by atoms with van der Waals surface area (Å²) in [5.74, 6) is -0.721. The number of para-hydroxylation sites is 1. The maximum Gasteiger partial charge on any atom is 0.240 e. The molecule has 1 atom stereocenters. The van der Waals surface area contributed by atoms with Crippen molar-refractivity contribution in [3.63, 3.8) is 0 Å². The second-order valence-corrected chi connectivity index (χ2v) is 3.17. The Kier molecular flexibility index (Phi) is 3.28. The van der Waals surface area contributed by atoms with Crippen LogP contribution in [0.3, 0.4) is 0 Å². The van der Waals surface area contributed by atoms with Gasteiger partial charge < -0.3 is 16.4 Å². The zero-order valence-corrected chi connectivity index (χ0v) is 8.47. The van der Waals surface area contributed by atoms with E-state index < -0.39 is 11.9 Å². The molecule has 0 unspecified atom stereocenters. The van der Waals surface area contributed by atoms with Gasteiger partial charge in [0.1, 0.15) is 6.04 Å². The van der Waals surface area contributed by atoms with Gasteiger partial charge in [0.2, 0.25) is 5.91 Å². The van der Waals surface area contributed by atoms with Crippen molar-refractivity contribution in [1.82, 2.24) is 0 Å². The highest BCUT2D eigenvalue weighted by Gasteiger charge is 2.21. The van der Waals surface area contributed by atoms with E-state index in [9.17, 15) is 4.79 Å². The molecule has 0 fully saturated rings. The molecule has 0 saturated heterocycles. The molecule has 1 aromatic rings. The summed E-state index contributed by atoms with van der Waals surface area (Å²) in [5.41, 5.74) is 11.3. The maximum absolute atomic E-state index is 11.0. The first-order chi connectivity index (χ1) is 7.04. The van der Waals surface area contributed by atoms with Crippen molar-refractivity contribution < 1.29 is 4.79 Å². The fraction of sp³-hybridized carbons (Fsp3) is 0.200. The van der Waals surface area contributed by atoms with Crippen LogP contribution in [-0.2, 0) is 4.79 Å². The fourth-order valence-electron chi connectivity index (χ4n) is 1.29. The zero-order chi connectivity index (χ0) is 11.4. The van der Waals surface area contributed by atoms with Crippen molar-refractivity contribution in [3.8, 4) is 0 Å². The highest BCUT2D eigenvalue weighted by molar-refractivity contribution is 5.99. The van der Waals surface area contributed by atoms with Crippen molar-refractivity contribution in [2.24, 2.45) is 11.5 Å². The number of amides is 1. The maximum atomic E-state index is 11.0. The molecular weight excluding hydrogens is 192 g/mol. The van der Waals surface area contributed by atoms with Gasteiger partial charge in [-0.15, -0.1) is 0 Å². The topological polar surface area (TPSA) is 96.2 Å². The van der Waals surface area contributed by atoms with Gasteiger partial charge in [0.25, 0.3) is 0 Å². The van der Waals surface area contributed by atoms with Crippen LogP contribution in [0.25, 0.3) is 0 Å². The minimum Gasteiger partial charge on any atom is -0.370 e. The molecule has 15 heavy (non-hydrogen) atoms. The largest absolute Gasteiger partial charge is 0.370 e. The van der Waals surface area contributed by atoms with Gasteiger partial charge in [-0.1, -0.05) is 18.2 Å². The Morgan fingerprint density at radius 3 is 2.27 bits per heavy atom. The Morgan fingerprint density at radius 1 is 1.33 bits per heavy atom. The summed E-state index contributed by atoms with van der Waals surface area (Å²) in [5, 5.41) is 7.41. The van der Waals surface area contributed by atoms with Crippen LogP contribution in [0.5, 0.6) is 0 Å². The third kappa shape index (κ3) is 2.46. The molecule has 80 valence electrons. The molecule has 0 aromatic heterocycles. The van der Waals surface area contributed by atoms with Gasteiger partial charge in [0, 0.05) is 5.69 Å². The molecular formula is C10H14N4O. The molecule has 5 N–H and O–H groups in total. The number of carbonyl (C=O) groups is 1. The lowest BCUT2D eigenvalue weighted by atomic mass is 10.2. The van der Waals surface area contributed by atoms with E-state index in [1.54, 1.807) is 31.2 Å². The molecule has 0 aliphatic carbocycles. The molecule has 0 aliphatic rings. The van der Waals surface area contributed by atoms with Crippen LogP contribution < -0.4 is 16.4 Å². The number of rotatable bonds is 3. The van der Waals surface area contributed by atoms with Crippen molar-refractivity contribution in [3.05, 3.63) is 30.3 Å². The van der Waals surface area contributed by atoms with Crippen LogP contribution in [0.4, 0.5) is 5.69 Å². The van der Waals surface area contributed by atoms with E-state index in [2.05, 4.69) is 0 Å². The molecule has 1 amide bonds. The summed E-state index contributed by atoms with van der Waals surface area (Å²) in [6, 6.07) is 8.35. The smallest absolute Gasteiger partial charge is 0.240 e. The summed E-state index contributed by atoms with van der Waals surface area (Å²) < 4.78 is 0. The molecule has 0 bridgehead atoms. The number of guanidine groups is 1. The van der Waals surface area contributed by atoms with Gasteiger partial charge in [0.15, 0.2) is 5.96 Å². The number of hydrogen-bond donors (Lipinski definition) is 3. The van der Waals surface area contributed by atoms with E-state index >= 15 is 0 Å². The SMILES string of the molecule is C[C@@H](C(N)=O)N(C(=N)N)c1ccccc1. The summed E-state index contributed by atoms with van der Waals surface area (Å²) >= 11 is 0. The average molecular weight is 206 g/mol. The molecule has 0 spiro atoms. The molecule has 0 heterocycles. The first-order valence-corrected chi connectivity index (χ1v) is 4.51. The second-order valence-electron chi connectivity index (χ2n) is 3.17. The van der Waals surface area contributed by atoms with E-state index in [0.717, 1.165) is 0 Å². The highest BCUT2D eigenvalue weighted by Crippen LogP contribution is 2.15. The molecule has 1 rings (SSSR count). The van der Waals surface area contributed by atoms with E-state index in [1.807, 2.05) is 6.07 Å². The summed E-state index contributed by atoms with van der Waals surface area (Å²) in [4.78, 5) is 12.4. The van der Waals surface area contributed by atoms with Crippen LogP contribution in [0.15, 0.2) is 30.3 Å². The predicted octanol–water partition coefficient (Wildman–Crippen LogP) is 0.260. The lowest BCUT2D eigenvalue weighted by Crippen LogP contribution is -2.49. The summed E-state index contributed by atoms with van der Waals surface area (Å²) in [7, 11) is 0. The van der Waals surface area contributed by atoms with Gasteiger partial charge in [0.05, 0.1) is 0 Å². The quantitative estimate of drug-likeness (QED) is 0.489. The van der Waals surface area contributed by atoms with E-state index in [-0.39, 0.29) is 5.96 Å². The number of nitrogens with two attached hydrogens (primary N) is 2. The second kappa shape index (κ2) is 4.45. The van der Waals surface area contributed by atoms with E-state index in [1.165, 1.54) is 4.90 Å². The fourth-order valence-corrected chi connectivity index (χ4v) is 1.29. The first kappa shape index (κ1) is 11.0. The van der Waals surface area contributed by atoms with Gasteiger partial charge in [-0.2, -0.15) is 0 Å². The van der Waals surface area contributed by atoms with Crippen molar-refractivity contribution in [2.75, 3.05) is 4.90 Å². The van der Waals surface area contributed by atoms with Gasteiger partial charge in [-0.05, 0) is 19.1 Å². The average Bonchev–Trinajstić information content (AvgIpc) is 2.18. The lowest BCUT2D eigenvalue weighted by Gasteiger charge is -2.27. The number of nitrogens with one attached hydrogen (secondary N) is 1. The molecule has 0 radical (unpaired) electrons. The number of nitrogens with zero attached hydrogens (tertiary/aromatic N) is 1. The van der Waals surface area contributed by atoms with Crippen LogP contribution >= 0.6 is 0 Å². The third-order valence-corrected chi connectivity index (χ3v) is 2.09. The number of benzene rings is 1. The van der Waals surface area contributed by atoms with E-state index in [4.69, 9.17) is 16.9 Å². The Bertz CT molecular complexity index is 363. The van der Waals surface area contributed by atoms with Crippen molar-refractivity contribution in [1.29, 1.82) is 5.41 Å². The first-order valence-electron chi connectivity index (χ1n) is 4.51. The number of primary amides is 1. The van der Waals surface area contributed by atoms with Gasteiger partial charge in [-0.25, -0.2) is 0 Å². The van der Waals surface area contributed by atoms with Crippen molar-refractivity contribution in [2.45, 2.75) is 13.0 Å². The summed E-state index contributed by atoms with van der Waals surface area (Å²) in [6.07, 6.45) is 0. The predicted molar refractivity (Wildman–Crippen MR) is 59.5 cm³/mol. The molecule has 1 aromatic carbocycles. The van der Waals surface area contributed by atoms with Gasteiger partial charge >= 0.3 is 0 Å². The monoisotopic (exact) mass is 206 g/mol. The Hall–Kier alpha value is -2.04. The standard InChI is InChI=1S/C10H14N4O/c1-7(9(11)15)14(10(12)13)8-5-3-2-4-6-8/h2-7H,1H3,(H2,11,15)(H3,12,13)/t7-/m0/s1. The number of hydrogen-bond acceptors (Lipinski definition) is 2. The number of anilines is 1. The Labute approximate surface area is 88.2 Å². The van der Waals surface area contributed by atoms with E-state index in [0.29, 0.717) is 5.69 Å². The van der Waals surface area contributed by atoms with Crippen LogP contribution in [0.2, 0.25) is 0 Å². The number of carbonyl (C=O) groups excluding carboxylic acids is 1. The van der Waals surface area contributed by atoms with Crippen LogP contribution in [0, 0.1) is 5.41 Å². The molecule has 5 heteroatoms. The molecule has 5 nitrogen and oxygen atoms in total. The van der Waals surface area contributed by atoms with Crippen LogP contribution in [-0.4, -0.2) is 17.9 Å². The minimum atomic E-state index is -0.634. The highest BCUT2D eigenvalue weighted by atomic mass is 16.1. The molecule has 0 saturated carbocycles. The zero-order valence-electron chi connectivity index (χ0n) is 8.47.